The second-order valence-corrected chi connectivity index (χ2v) is 15.3. The number of hydrogen-bond donors (Lipinski definition) is 4. The van der Waals surface area contributed by atoms with Gasteiger partial charge in [0.25, 0.3) is 0 Å². The number of nitrogens with zero attached hydrogens (tertiary/aromatic N) is 3. The van der Waals surface area contributed by atoms with Crippen LogP contribution in [0.5, 0.6) is 5.75 Å². The Morgan fingerprint density at radius 3 is 1.94 bits per heavy atom. The first-order valence-corrected chi connectivity index (χ1v) is 16.8. The molecule has 1 saturated heterocycles. The Labute approximate surface area is 282 Å². The van der Waals surface area contributed by atoms with Crippen LogP contribution in [0.15, 0.2) is 12.1 Å². The summed E-state index contributed by atoms with van der Waals surface area (Å²) in [5.41, 5.74) is 0.899. The normalized spacial score (nSPS) is 16.2. The zero-order chi connectivity index (χ0) is 35.9. The number of hydrogen-bond acceptors (Lipinski definition) is 10. The lowest BCUT2D eigenvalue weighted by atomic mass is 9.78. The van der Waals surface area contributed by atoms with Gasteiger partial charge < -0.3 is 40.1 Å². The first kappa shape index (κ1) is 40.0. The van der Waals surface area contributed by atoms with Gasteiger partial charge in [0.05, 0.1) is 0 Å². The number of benzene rings is 1. The van der Waals surface area contributed by atoms with Crippen LogP contribution in [-0.2, 0) is 36.4 Å². The van der Waals surface area contributed by atoms with E-state index in [9.17, 15) is 34.2 Å². The number of piperazine rings is 1. The van der Waals surface area contributed by atoms with Crippen molar-refractivity contribution in [2.75, 3.05) is 52.1 Å². The summed E-state index contributed by atoms with van der Waals surface area (Å²) in [6, 6.07) is 2.53. The molecule has 0 aromatic heterocycles. The summed E-state index contributed by atoms with van der Waals surface area (Å²) in [5.74, 6) is -2.66. The molecule has 14 heteroatoms. The van der Waals surface area contributed by atoms with Crippen LogP contribution < -0.4 is 10.1 Å². The molecular weight excluding hydrogens is 628 g/mol. The summed E-state index contributed by atoms with van der Waals surface area (Å²) in [5, 5.41) is 31.7. The van der Waals surface area contributed by atoms with Crippen LogP contribution in [-0.4, -0.2) is 129 Å². The van der Waals surface area contributed by atoms with Crippen molar-refractivity contribution in [2.45, 2.75) is 90.9 Å². The van der Waals surface area contributed by atoms with Crippen molar-refractivity contribution in [3.8, 4) is 5.75 Å². The van der Waals surface area contributed by atoms with Gasteiger partial charge in [-0.15, -0.1) is 0 Å². The summed E-state index contributed by atoms with van der Waals surface area (Å²) in [6.07, 6.45) is -4.26. The standard InChI is InChI=1S/C33H52N4O9S/c1-20(28(41)36-14-12-35(9)13-15-36)34-31(45)37(16-17-47-21(2)38)11-10-22-18-23(32(3,4)5)27(24(19-22)33(6,7)8)46-30(44)26(40)25(39)29(42)43/h18-20,25-26,39-40H,10-17H2,1-9H3,(H,34,45)(H,42,43). The molecule has 1 fully saturated rings. The zero-order valence-electron chi connectivity index (χ0n) is 29.1. The van der Waals surface area contributed by atoms with Gasteiger partial charge in [-0.3, -0.25) is 9.59 Å². The molecule has 47 heavy (non-hydrogen) atoms. The van der Waals surface area contributed by atoms with E-state index in [2.05, 4.69) is 10.2 Å². The van der Waals surface area contributed by atoms with Crippen LogP contribution >= 0.6 is 11.8 Å². The molecule has 1 heterocycles. The smallest absolute Gasteiger partial charge is 0.343 e. The molecule has 1 aliphatic heterocycles. The molecule has 13 nitrogen and oxygen atoms in total. The molecular formula is C33H52N4O9S. The van der Waals surface area contributed by atoms with Crippen LogP contribution in [0.2, 0.25) is 0 Å². The van der Waals surface area contributed by atoms with Crippen molar-refractivity contribution >= 4 is 40.8 Å². The number of thioether (sulfide) groups is 1. The highest BCUT2D eigenvalue weighted by atomic mass is 32.2. The fourth-order valence-corrected chi connectivity index (χ4v) is 5.60. The van der Waals surface area contributed by atoms with Crippen molar-refractivity contribution in [3.63, 3.8) is 0 Å². The number of esters is 1. The fourth-order valence-electron chi connectivity index (χ4n) is 5.00. The van der Waals surface area contributed by atoms with Gasteiger partial charge in [-0.25, -0.2) is 14.4 Å². The number of aliphatic hydroxyl groups is 2. The van der Waals surface area contributed by atoms with Gasteiger partial charge in [-0.05, 0) is 36.8 Å². The highest BCUT2D eigenvalue weighted by Crippen LogP contribution is 2.41. The fraction of sp³-hybridized carbons (Fsp3) is 0.667. The highest BCUT2D eigenvalue weighted by Gasteiger charge is 2.35. The number of rotatable bonds is 12. The number of likely N-dealkylation sites (N-methyl/N-ethyl adjacent to an activating group) is 1. The summed E-state index contributed by atoms with van der Waals surface area (Å²) in [4.78, 5) is 67.6. The van der Waals surface area contributed by atoms with Gasteiger partial charge in [0.2, 0.25) is 5.91 Å². The number of urea groups is 1. The number of carbonyl (C=O) groups excluding carboxylic acids is 4. The first-order valence-electron chi connectivity index (χ1n) is 15.8. The zero-order valence-corrected chi connectivity index (χ0v) is 29.9. The van der Waals surface area contributed by atoms with E-state index in [1.807, 2.05) is 60.7 Å². The Kier molecular flexibility index (Phi) is 14.3. The molecule has 264 valence electrons. The maximum atomic E-state index is 13.5. The van der Waals surface area contributed by atoms with Gasteiger partial charge in [0.15, 0.2) is 17.3 Å². The number of carboxylic acid groups (broad SMARTS) is 1. The van der Waals surface area contributed by atoms with Crippen molar-refractivity contribution < 1.29 is 44.0 Å². The molecule has 1 aliphatic rings. The lowest BCUT2D eigenvalue weighted by Gasteiger charge is -2.34. The quantitative estimate of drug-likeness (QED) is 0.188. The number of carboxylic acids is 1. The van der Waals surface area contributed by atoms with E-state index in [0.29, 0.717) is 36.4 Å². The Bertz CT molecular complexity index is 1260. The third kappa shape index (κ3) is 11.8. The number of aliphatic hydroxyl groups excluding tert-OH is 2. The average Bonchev–Trinajstić information content (AvgIpc) is 2.96. The summed E-state index contributed by atoms with van der Waals surface area (Å²) >= 11 is 1.11. The van der Waals surface area contributed by atoms with Crippen LogP contribution in [0.4, 0.5) is 4.79 Å². The van der Waals surface area contributed by atoms with E-state index in [-0.39, 0.29) is 29.9 Å². The maximum Gasteiger partial charge on any atom is 0.343 e. The lowest BCUT2D eigenvalue weighted by Crippen LogP contribution is -2.55. The molecule has 4 N–H and O–H groups in total. The molecule has 1 aromatic rings. The number of amides is 3. The maximum absolute atomic E-state index is 13.5. The van der Waals surface area contributed by atoms with Gasteiger partial charge in [-0.2, -0.15) is 0 Å². The Morgan fingerprint density at radius 1 is 0.936 bits per heavy atom. The van der Waals surface area contributed by atoms with Crippen LogP contribution in [0.1, 0.15) is 72.1 Å². The van der Waals surface area contributed by atoms with E-state index in [1.165, 1.54) is 6.92 Å². The van der Waals surface area contributed by atoms with E-state index >= 15 is 0 Å². The summed E-state index contributed by atoms with van der Waals surface area (Å²) in [7, 11) is 2.00. The van der Waals surface area contributed by atoms with Gasteiger partial charge in [0, 0.05) is 63.1 Å². The molecule has 0 saturated carbocycles. The SMILES string of the molecule is CC(=O)SCCN(CCc1cc(C(C)(C)C)c(OC(=O)C(O)C(O)C(=O)O)c(C(C)(C)C)c1)C(=O)NC(C)C(=O)N1CCN(C)CC1. The van der Waals surface area contributed by atoms with Gasteiger partial charge in [0.1, 0.15) is 11.8 Å². The van der Waals surface area contributed by atoms with E-state index in [0.717, 1.165) is 30.4 Å². The number of nitrogens with one attached hydrogen (secondary N) is 1. The molecule has 3 atom stereocenters. The summed E-state index contributed by atoms with van der Waals surface area (Å²) in [6.45, 7) is 17.8. The van der Waals surface area contributed by atoms with Crippen molar-refractivity contribution in [2.24, 2.45) is 0 Å². The van der Waals surface area contributed by atoms with Crippen LogP contribution in [0, 0.1) is 0 Å². The first-order chi connectivity index (χ1) is 21.6. The van der Waals surface area contributed by atoms with Crippen LogP contribution in [0.25, 0.3) is 0 Å². The second kappa shape index (κ2) is 16.8. The predicted molar refractivity (Wildman–Crippen MR) is 180 cm³/mol. The van der Waals surface area contributed by atoms with E-state index in [4.69, 9.17) is 9.84 Å². The van der Waals surface area contributed by atoms with Crippen LogP contribution in [0.3, 0.4) is 0 Å². The third-order valence-corrected chi connectivity index (χ3v) is 8.70. The van der Waals surface area contributed by atoms with E-state index < -0.39 is 47.0 Å². The molecule has 0 radical (unpaired) electrons. The highest BCUT2D eigenvalue weighted by molar-refractivity contribution is 8.13. The second-order valence-electron chi connectivity index (χ2n) is 14.0. The average molecular weight is 681 g/mol. The van der Waals surface area contributed by atoms with Crippen molar-refractivity contribution in [1.82, 2.24) is 20.0 Å². The van der Waals surface area contributed by atoms with E-state index in [1.54, 1.807) is 16.7 Å². The Hall–Kier alpha value is -3.20. The summed E-state index contributed by atoms with van der Waals surface area (Å²) < 4.78 is 5.62. The molecule has 2 rings (SSSR count). The van der Waals surface area contributed by atoms with Crippen molar-refractivity contribution in [3.05, 3.63) is 28.8 Å². The largest absolute Gasteiger partial charge is 0.479 e. The number of carbonyl (C=O) groups is 5. The minimum absolute atomic E-state index is 0.0697. The van der Waals surface area contributed by atoms with Gasteiger partial charge >= 0.3 is 18.0 Å². The van der Waals surface area contributed by atoms with Gasteiger partial charge in [-0.1, -0.05) is 65.4 Å². The molecule has 3 amide bonds. The minimum Gasteiger partial charge on any atom is -0.479 e. The molecule has 0 bridgehead atoms. The molecule has 3 unspecified atom stereocenters. The number of aliphatic carboxylic acids is 1. The molecule has 0 spiro atoms. The van der Waals surface area contributed by atoms with Crippen molar-refractivity contribution in [1.29, 1.82) is 0 Å². The Morgan fingerprint density at radius 2 is 1.47 bits per heavy atom. The third-order valence-electron chi connectivity index (χ3n) is 7.91. The molecule has 0 aliphatic carbocycles. The Balaban J connectivity index is 2.38. The molecule has 1 aromatic carbocycles. The monoisotopic (exact) mass is 680 g/mol. The predicted octanol–water partition coefficient (Wildman–Crippen LogP) is 1.99. The topological polar surface area (TPSA) is 177 Å². The lowest BCUT2D eigenvalue weighted by molar-refractivity contribution is -0.164. The minimum atomic E-state index is -2.35. The number of ether oxygens (including phenoxy) is 1.